The number of pyridine rings is 1. The minimum Gasteiger partial charge on any atom is -0.469 e. The van der Waals surface area contributed by atoms with Gasteiger partial charge in [-0.15, -0.1) is 0 Å². The van der Waals surface area contributed by atoms with Crippen molar-refractivity contribution in [1.29, 1.82) is 0 Å². The number of nitrogens with two attached hydrogens (primary N) is 1. The van der Waals surface area contributed by atoms with E-state index in [1.165, 1.54) is 17.0 Å². The quantitative estimate of drug-likeness (QED) is 0.585. The Morgan fingerprint density at radius 2 is 2.00 bits per heavy atom. The van der Waals surface area contributed by atoms with E-state index in [1.54, 1.807) is 42.7 Å². The first-order chi connectivity index (χ1) is 12.6. The van der Waals surface area contributed by atoms with Gasteiger partial charge in [0.2, 0.25) is 11.6 Å². The molecule has 0 aliphatic rings. The molecule has 0 bridgehead atoms. The van der Waals surface area contributed by atoms with Gasteiger partial charge < -0.3 is 15.5 Å². The number of primary amides is 1. The first kappa shape index (κ1) is 17.1. The summed E-state index contributed by atoms with van der Waals surface area (Å²) >= 11 is 0. The Bertz CT molecular complexity index is 918. The molecule has 9 heteroatoms. The van der Waals surface area contributed by atoms with E-state index in [1.807, 2.05) is 0 Å². The smallest absolute Gasteiger partial charge is 0.288 e. The Balaban J connectivity index is 1.83. The van der Waals surface area contributed by atoms with E-state index in [2.05, 4.69) is 15.3 Å². The highest BCUT2D eigenvalue weighted by molar-refractivity contribution is 6.38. The van der Waals surface area contributed by atoms with Crippen LogP contribution in [0.5, 0.6) is 0 Å². The van der Waals surface area contributed by atoms with E-state index in [4.69, 9.17) is 10.2 Å². The third-order valence-electron chi connectivity index (χ3n) is 3.59. The lowest BCUT2D eigenvalue weighted by Gasteiger charge is -2.15. The van der Waals surface area contributed by atoms with Crippen LogP contribution in [0.3, 0.4) is 0 Å². The van der Waals surface area contributed by atoms with Gasteiger partial charge in [-0.25, -0.2) is 9.97 Å². The number of amides is 2. The highest BCUT2D eigenvalue weighted by Gasteiger charge is 2.28. The van der Waals surface area contributed by atoms with Crippen molar-refractivity contribution in [2.75, 3.05) is 0 Å². The molecule has 26 heavy (non-hydrogen) atoms. The number of carbonyl (C=O) groups excluding carboxylic acids is 3. The highest BCUT2D eigenvalue weighted by atomic mass is 16.3. The van der Waals surface area contributed by atoms with Crippen molar-refractivity contribution in [2.45, 2.75) is 12.5 Å². The van der Waals surface area contributed by atoms with Crippen molar-refractivity contribution >= 4 is 17.6 Å². The van der Waals surface area contributed by atoms with Crippen LogP contribution in [0.25, 0.3) is 5.82 Å². The van der Waals surface area contributed by atoms with Gasteiger partial charge in [-0.3, -0.25) is 19.0 Å². The highest BCUT2D eigenvalue weighted by Crippen LogP contribution is 2.09. The molecule has 0 fully saturated rings. The van der Waals surface area contributed by atoms with Crippen LogP contribution < -0.4 is 11.1 Å². The first-order valence-corrected chi connectivity index (χ1v) is 7.68. The fraction of sp³-hybridized carbons (Fsp3) is 0.118. The van der Waals surface area contributed by atoms with E-state index in [9.17, 15) is 14.4 Å². The van der Waals surface area contributed by atoms with Crippen LogP contribution in [-0.2, 0) is 16.0 Å². The average molecular weight is 353 g/mol. The molecule has 3 aromatic rings. The number of furan rings is 1. The Hall–Kier alpha value is -3.75. The van der Waals surface area contributed by atoms with Gasteiger partial charge >= 0.3 is 0 Å². The van der Waals surface area contributed by atoms with E-state index in [-0.39, 0.29) is 12.2 Å². The largest absolute Gasteiger partial charge is 0.469 e. The molecule has 0 saturated heterocycles. The number of nitrogens with one attached hydrogen (secondary N) is 1. The minimum atomic E-state index is -1.17. The summed E-state index contributed by atoms with van der Waals surface area (Å²) in [5, 5.41) is 2.49. The van der Waals surface area contributed by atoms with Crippen molar-refractivity contribution in [3.05, 3.63) is 66.8 Å². The summed E-state index contributed by atoms with van der Waals surface area (Å²) in [4.78, 5) is 44.1. The summed E-state index contributed by atoms with van der Waals surface area (Å²) in [6, 6.07) is 7.30. The van der Waals surface area contributed by atoms with Gasteiger partial charge in [-0.2, -0.15) is 0 Å². The van der Waals surface area contributed by atoms with Crippen LogP contribution in [0.1, 0.15) is 16.4 Å². The van der Waals surface area contributed by atoms with Crippen molar-refractivity contribution < 1.29 is 18.8 Å². The number of aromatic nitrogens is 3. The molecule has 132 valence electrons. The van der Waals surface area contributed by atoms with Crippen molar-refractivity contribution in [3.8, 4) is 5.82 Å². The van der Waals surface area contributed by atoms with Crippen LogP contribution in [0.2, 0.25) is 0 Å². The number of rotatable bonds is 7. The molecule has 0 aromatic carbocycles. The van der Waals surface area contributed by atoms with Crippen LogP contribution in [0, 0.1) is 0 Å². The third-order valence-corrected chi connectivity index (χ3v) is 3.59. The van der Waals surface area contributed by atoms with Crippen LogP contribution in [0.4, 0.5) is 0 Å². The van der Waals surface area contributed by atoms with E-state index in [0.717, 1.165) is 0 Å². The predicted molar refractivity (Wildman–Crippen MR) is 89.2 cm³/mol. The monoisotopic (exact) mass is 353 g/mol. The number of nitrogens with zero attached hydrogens (tertiary/aromatic N) is 3. The van der Waals surface area contributed by atoms with Gasteiger partial charge in [-0.1, -0.05) is 6.07 Å². The van der Waals surface area contributed by atoms with Gasteiger partial charge in [0.05, 0.1) is 6.26 Å². The first-order valence-electron chi connectivity index (χ1n) is 7.68. The maximum absolute atomic E-state index is 12.6. The van der Waals surface area contributed by atoms with Gasteiger partial charge in [0.25, 0.3) is 11.8 Å². The van der Waals surface area contributed by atoms with Crippen molar-refractivity contribution in [1.82, 2.24) is 19.9 Å². The fourth-order valence-corrected chi connectivity index (χ4v) is 2.39. The normalized spacial score (nSPS) is 11.7. The maximum Gasteiger partial charge on any atom is 0.288 e. The zero-order valence-electron chi connectivity index (χ0n) is 13.5. The number of Topliss-reactive ketones (excluding diaryl/α,β-unsaturated/α-hetero) is 1. The summed E-state index contributed by atoms with van der Waals surface area (Å²) in [5.74, 6) is -1.78. The van der Waals surface area contributed by atoms with Crippen LogP contribution in [0.15, 0.2) is 59.6 Å². The predicted octanol–water partition coefficient (Wildman–Crippen LogP) is 0.256. The Morgan fingerprint density at radius 1 is 1.15 bits per heavy atom. The van der Waals surface area contributed by atoms with E-state index >= 15 is 0 Å². The van der Waals surface area contributed by atoms with Crippen molar-refractivity contribution in [3.63, 3.8) is 0 Å². The molecule has 1 atom stereocenters. The average Bonchev–Trinajstić information content (AvgIpc) is 3.32. The molecule has 0 spiro atoms. The molecule has 0 radical (unpaired) electrons. The second-order valence-electron chi connectivity index (χ2n) is 5.35. The number of hydrogen-bond acceptors (Lipinski definition) is 6. The molecule has 2 amide bonds. The van der Waals surface area contributed by atoms with E-state index in [0.29, 0.717) is 11.6 Å². The molecule has 3 aromatic heterocycles. The molecule has 3 heterocycles. The van der Waals surface area contributed by atoms with Crippen LogP contribution in [-0.4, -0.2) is 38.2 Å². The molecule has 3 N–H and O–H groups in total. The number of hydrogen-bond donors (Lipinski definition) is 2. The zero-order valence-corrected chi connectivity index (χ0v) is 13.5. The fourth-order valence-electron chi connectivity index (χ4n) is 2.39. The lowest BCUT2D eigenvalue weighted by molar-refractivity contribution is -0.137. The molecular formula is C17H15N5O4. The lowest BCUT2D eigenvalue weighted by Crippen LogP contribution is -2.47. The lowest BCUT2D eigenvalue weighted by atomic mass is 10.1. The maximum atomic E-state index is 12.6. The molecular weight excluding hydrogens is 338 g/mol. The Morgan fingerprint density at radius 3 is 2.65 bits per heavy atom. The van der Waals surface area contributed by atoms with Gasteiger partial charge in [0.15, 0.2) is 0 Å². The second-order valence-corrected chi connectivity index (χ2v) is 5.35. The molecule has 0 aliphatic heterocycles. The standard InChI is InChI=1S/C17H15N5O4/c18-15(24)14(23)12(10-11-4-3-9-26-11)21-17(25)16-20-7-8-22(16)13-5-1-2-6-19-13/h1-9,12H,10H2,(H2,18,24)(H,21,25). The number of carbonyl (C=O) groups is 3. The summed E-state index contributed by atoms with van der Waals surface area (Å²) in [6.45, 7) is 0. The SMILES string of the molecule is NC(=O)C(=O)C(Cc1ccco1)NC(=O)c1nccn1-c1ccccn1. The van der Waals surface area contributed by atoms with Gasteiger partial charge in [0, 0.05) is 25.0 Å². The molecule has 3 rings (SSSR count). The molecule has 0 saturated carbocycles. The summed E-state index contributed by atoms with van der Waals surface area (Å²) in [6.07, 6.45) is 5.99. The van der Waals surface area contributed by atoms with Gasteiger partial charge in [-0.05, 0) is 24.3 Å². The second kappa shape index (κ2) is 7.43. The topological polar surface area (TPSA) is 133 Å². The summed E-state index contributed by atoms with van der Waals surface area (Å²) in [5.41, 5.74) is 5.08. The number of ketones is 1. The Kier molecular flexibility index (Phi) is 4.88. The molecule has 0 aliphatic carbocycles. The Labute approximate surface area is 147 Å². The zero-order chi connectivity index (χ0) is 18.5. The molecule has 9 nitrogen and oxygen atoms in total. The summed E-state index contributed by atoms with van der Waals surface area (Å²) < 4.78 is 6.64. The summed E-state index contributed by atoms with van der Waals surface area (Å²) in [7, 11) is 0. The minimum absolute atomic E-state index is 0.00912. The number of imidazole rings is 1. The van der Waals surface area contributed by atoms with E-state index < -0.39 is 23.6 Å². The van der Waals surface area contributed by atoms with Gasteiger partial charge in [0.1, 0.15) is 17.6 Å². The van der Waals surface area contributed by atoms with Crippen LogP contribution >= 0.6 is 0 Å². The third kappa shape index (κ3) is 3.66. The van der Waals surface area contributed by atoms with Crippen molar-refractivity contribution in [2.24, 2.45) is 5.73 Å². The molecule has 1 unspecified atom stereocenters.